The van der Waals surface area contributed by atoms with Crippen LogP contribution in [0.2, 0.25) is 0 Å². The summed E-state index contributed by atoms with van der Waals surface area (Å²) >= 11 is 0. The summed E-state index contributed by atoms with van der Waals surface area (Å²) in [5.41, 5.74) is 0. The van der Waals surface area contributed by atoms with Crippen molar-refractivity contribution in [2.24, 2.45) is 0 Å². The number of rotatable bonds is 0. The van der Waals surface area contributed by atoms with Gasteiger partial charge in [-0.3, -0.25) is 10.1 Å². The van der Waals surface area contributed by atoms with Crippen LogP contribution >= 0.6 is 0 Å². The molecule has 0 aliphatic heterocycles. The van der Waals surface area contributed by atoms with Crippen molar-refractivity contribution in [1.82, 2.24) is 0 Å². The maximum absolute atomic E-state index is 8.81. The maximum atomic E-state index is 8.81. The molecular formula is CH4KNO2. The molecule has 0 N–H and O–H groups in total. The molecule has 0 fully saturated rings. The van der Waals surface area contributed by atoms with Gasteiger partial charge in [-0.25, -0.2) is 0 Å². The average molecular weight is 101 g/mol. The number of hydrogen-bond acceptors (Lipinski definition) is 2. The van der Waals surface area contributed by atoms with Crippen LogP contribution in [0.4, 0.5) is 0 Å². The second-order valence-electron chi connectivity index (χ2n) is 0.440. The van der Waals surface area contributed by atoms with Gasteiger partial charge in [-0.2, -0.15) is 0 Å². The Morgan fingerprint density at radius 3 is 1.80 bits per heavy atom. The van der Waals surface area contributed by atoms with Crippen LogP contribution in [-0.2, 0) is 0 Å². The molecule has 0 bridgehead atoms. The van der Waals surface area contributed by atoms with E-state index in [1.807, 2.05) is 0 Å². The molecule has 0 spiro atoms. The molecule has 0 saturated heterocycles. The average Bonchev–Trinajstić information content (AvgIpc) is 0.811. The summed E-state index contributed by atoms with van der Waals surface area (Å²) in [5.74, 6) is 0. The molecule has 5 heavy (non-hydrogen) atoms. The molecule has 0 aromatic rings. The first-order valence-corrected chi connectivity index (χ1v) is 0.812. The van der Waals surface area contributed by atoms with Crippen LogP contribution in [0.3, 0.4) is 0 Å². The van der Waals surface area contributed by atoms with E-state index >= 15 is 0 Å². The van der Waals surface area contributed by atoms with Gasteiger partial charge in [0, 0.05) is 4.92 Å². The first-order valence-electron chi connectivity index (χ1n) is 0.812. The van der Waals surface area contributed by atoms with Gasteiger partial charge >= 0.3 is 51.4 Å². The second-order valence-corrected chi connectivity index (χ2v) is 0.440. The minimum atomic E-state index is -0.500. The van der Waals surface area contributed by atoms with Gasteiger partial charge in [0.25, 0.3) is 0 Å². The van der Waals surface area contributed by atoms with Gasteiger partial charge < -0.3 is 0 Å². The molecule has 0 aliphatic carbocycles. The third kappa shape index (κ3) is 43.2. The second kappa shape index (κ2) is 5.04. The van der Waals surface area contributed by atoms with Crippen LogP contribution in [0.5, 0.6) is 0 Å². The zero-order chi connectivity index (χ0) is 3.58. The molecule has 0 aromatic heterocycles. The molecule has 0 saturated carbocycles. The Kier molecular flexibility index (Phi) is 9.47. The third-order valence-corrected chi connectivity index (χ3v) is 0. The molecule has 0 rings (SSSR count). The molecule has 0 atom stereocenters. The van der Waals surface area contributed by atoms with Gasteiger partial charge in [0.15, 0.2) is 7.05 Å². The van der Waals surface area contributed by atoms with Gasteiger partial charge in [-0.15, -0.1) is 0 Å². The molecule has 0 aromatic carbocycles. The Balaban J connectivity index is 0. The quantitative estimate of drug-likeness (QED) is 0.229. The van der Waals surface area contributed by atoms with E-state index in [1.54, 1.807) is 0 Å². The van der Waals surface area contributed by atoms with Crippen LogP contribution in [0, 0.1) is 10.1 Å². The van der Waals surface area contributed by atoms with E-state index in [9.17, 15) is 0 Å². The van der Waals surface area contributed by atoms with Crippen LogP contribution in [0.25, 0.3) is 0 Å². The van der Waals surface area contributed by atoms with Crippen LogP contribution in [-0.4, -0.2) is 63.4 Å². The van der Waals surface area contributed by atoms with Gasteiger partial charge in [0.1, 0.15) is 0 Å². The summed E-state index contributed by atoms with van der Waals surface area (Å²) < 4.78 is 0. The normalized spacial score (nSPS) is 5.00. The van der Waals surface area contributed by atoms with Gasteiger partial charge in [-0.05, 0) is 0 Å². The van der Waals surface area contributed by atoms with E-state index in [2.05, 4.69) is 0 Å². The van der Waals surface area contributed by atoms with Crippen molar-refractivity contribution < 1.29 is 4.92 Å². The molecule has 0 amide bonds. The van der Waals surface area contributed by atoms with Crippen molar-refractivity contribution in [2.75, 3.05) is 7.05 Å². The fraction of sp³-hybridized carbons (Fsp3) is 1.00. The summed E-state index contributed by atoms with van der Waals surface area (Å²) in [5, 5.41) is 8.81. The third-order valence-electron chi connectivity index (χ3n) is 0. The van der Waals surface area contributed by atoms with E-state index in [-0.39, 0.29) is 51.4 Å². The van der Waals surface area contributed by atoms with Crippen molar-refractivity contribution in [2.45, 2.75) is 0 Å². The molecule has 0 radical (unpaired) electrons. The summed E-state index contributed by atoms with van der Waals surface area (Å²) in [6, 6.07) is 0. The molecule has 3 nitrogen and oxygen atoms in total. The zero-order valence-corrected chi connectivity index (χ0v) is 2.26. The molecule has 4 heteroatoms. The molecule has 0 unspecified atom stereocenters. The van der Waals surface area contributed by atoms with E-state index in [1.165, 1.54) is 0 Å². The molecular weight excluding hydrogens is 97.1 g/mol. The summed E-state index contributed by atoms with van der Waals surface area (Å²) in [4.78, 5) is 8.31. The van der Waals surface area contributed by atoms with Crippen LogP contribution < -0.4 is 0 Å². The Hall–Kier alpha value is 1.04. The number of nitrogens with zero attached hydrogens (tertiary/aromatic N) is 1. The monoisotopic (exact) mass is 101 g/mol. The molecule has 0 heterocycles. The molecule has 0 aliphatic rings. The fourth-order valence-corrected chi connectivity index (χ4v) is 0. The zero-order valence-electron chi connectivity index (χ0n) is 2.26. The van der Waals surface area contributed by atoms with Crippen molar-refractivity contribution >= 4 is 51.4 Å². The Morgan fingerprint density at radius 1 is 1.80 bits per heavy atom. The fourth-order valence-electron chi connectivity index (χ4n) is 0. The Morgan fingerprint density at radius 2 is 1.80 bits per heavy atom. The van der Waals surface area contributed by atoms with Gasteiger partial charge in [0.05, 0.1) is 0 Å². The minimum absolute atomic E-state index is 0. The summed E-state index contributed by atoms with van der Waals surface area (Å²) in [6.07, 6.45) is 0. The van der Waals surface area contributed by atoms with Crippen LogP contribution in [0.1, 0.15) is 0 Å². The topological polar surface area (TPSA) is 43.1 Å². The van der Waals surface area contributed by atoms with Crippen molar-refractivity contribution in [3.63, 3.8) is 0 Å². The SMILES string of the molecule is C[N+](=O)[O-].[KH]. The number of nitro groups is 1. The van der Waals surface area contributed by atoms with Gasteiger partial charge in [0.2, 0.25) is 0 Å². The van der Waals surface area contributed by atoms with Gasteiger partial charge in [-0.1, -0.05) is 0 Å². The Labute approximate surface area is 72.3 Å². The van der Waals surface area contributed by atoms with Crippen molar-refractivity contribution in [1.29, 1.82) is 0 Å². The summed E-state index contributed by atoms with van der Waals surface area (Å²) in [6.45, 7) is 0. The first kappa shape index (κ1) is 9.40. The van der Waals surface area contributed by atoms with E-state index in [0.29, 0.717) is 0 Å². The van der Waals surface area contributed by atoms with Crippen molar-refractivity contribution in [3.8, 4) is 0 Å². The van der Waals surface area contributed by atoms with Crippen LogP contribution in [0.15, 0.2) is 0 Å². The predicted molar refractivity (Wildman–Crippen MR) is 20.1 cm³/mol. The van der Waals surface area contributed by atoms with E-state index in [0.717, 1.165) is 7.05 Å². The standard InChI is InChI=1S/CH3NO2.K.H/c1-2(3)4;;/h1H3;;. The predicted octanol–water partition coefficient (Wildman–Crippen LogP) is -0.756. The van der Waals surface area contributed by atoms with E-state index < -0.39 is 4.92 Å². The number of hydrogen-bond donors (Lipinski definition) is 0. The van der Waals surface area contributed by atoms with E-state index in [4.69, 9.17) is 10.1 Å². The summed E-state index contributed by atoms with van der Waals surface area (Å²) in [7, 11) is 0.889. The van der Waals surface area contributed by atoms with Crippen molar-refractivity contribution in [3.05, 3.63) is 10.1 Å². The molecule has 26 valence electrons. The first-order chi connectivity index (χ1) is 1.73. The Bertz CT molecular complexity index is 32.6.